The highest BCUT2D eigenvalue weighted by Gasteiger charge is 2.20. The van der Waals surface area contributed by atoms with Crippen LogP contribution in [0.4, 0.5) is 0 Å². The lowest BCUT2D eigenvalue weighted by Gasteiger charge is -2.11. The molecule has 1 saturated heterocycles. The van der Waals surface area contributed by atoms with Crippen LogP contribution in [-0.4, -0.2) is 25.7 Å². The minimum absolute atomic E-state index is 0.133. The molecule has 0 aromatic heterocycles. The first kappa shape index (κ1) is 12.0. The Morgan fingerprint density at radius 1 is 1.73 bits per heavy atom. The number of rotatable bonds is 5. The molecule has 1 aliphatic rings. The first-order chi connectivity index (χ1) is 7.27. The van der Waals surface area contributed by atoms with E-state index in [1.165, 1.54) is 0 Å². The van der Waals surface area contributed by atoms with Crippen LogP contribution >= 0.6 is 0 Å². The third kappa shape index (κ3) is 3.88. The van der Waals surface area contributed by atoms with Gasteiger partial charge in [0.1, 0.15) is 5.92 Å². The van der Waals surface area contributed by atoms with Crippen LogP contribution in [0.1, 0.15) is 26.2 Å². The molecular formula is C11H18N2O2. The number of nitrogens with one attached hydrogen (secondary N) is 1. The highest BCUT2D eigenvalue weighted by Crippen LogP contribution is 2.11. The van der Waals surface area contributed by atoms with Crippen LogP contribution in [0.2, 0.25) is 0 Å². The van der Waals surface area contributed by atoms with Gasteiger partial charge in [-0.1, -0.05) is 13.3 Å². The van der Waals surface area contributed by atoms with Crippen LogP contribution in [-0.2, 0) is 9.53 Å². The van der Waals surface area contributed by atoms with Gasteiger partial charge < -0.3 is 10.1 Å². The smallest absolute Gasteiger partial charge is 0.237 e. The fraction of sp³-hybridized carbons (Fsp3) is 0.818. The van der Waals surface area contributed by atoms with Gasteiger partial charge in [-0.2, -0.15) is 5.26 Å². The molecule has 0 aromatic carbocycles. The molecule has 4 nitrogen and oxygen atoms in total. The van der Waals surface area contributed by atoms with Crippen molar-refractivity contribution in [2.75, 3.05) is 19.8 Å². The molecule has 0 bridgehead atoms. The van der Waals surface area contributed by atoms with Gasteiger partial charge in [0, 0.05) is 19.1 Å². The first-order valence-corrected chi connectivity index (χ1v) is 5.53. The number of carbonyl (C=O) groups excluding carboxylic acids is 1. The van der Waals surface area contributed by atoms with E-state index in [1.807, 2.05) is 13.0 Å². The SMILES string of the molecule is CCCC(C#N)C(=O)NCC1CCOC1. The predicted molar refractivity (Wildman–Crippen MR) is 55.9 cm³/mol. The maximum Gasteiger partial charge on any atom is 0.237 e. The van der Waals surface area contributed by atoms with Crippen molar-refractivity contribution in [1.29, 1.82) is 5.26 Å². The van der Waals surface area contributed by atoms with Crippen LogP contribution in [0, 0.1) is 23.2 Å². The fourth-order valence-electron chi connectivity index (χ4n) is 1.66. The van der Waals surface area contributed by atoms with Gasteiger partial charge in [-0.3, -0.25) is 4.79 Å². The average Bonchev–Trinajstić information content (AvgIpc) is 2.75. The topological polar surface area (TPSA) is 62.1 Å². The number of hydrogen-bond acceptors (Lipinski definition) is 3. The van der Waals surface area contributed by atoms with E-state index in [1.54, 1.807) is 0 Å². The Balaban J connectivity index is 2.24. The Kier molecular flexibility index (Phi) is 5.13. The van der Waals surface area contributed by atoms with Crippen molar-refractivity contribution >= 4 is 5.91 Å². The van der Waals surface area contributed by atoms with Crippen LogP contribution in [0.25, 0.3) is 0 Å². The van der Waals surface area contributed by atoms with Gasteiger partial charge in [-0.05, 0) is 12.8 Å². The molecule has 2 unspecified atom stereocenters. The van der Waals surface area contributed by atoms with Crippen molar-refractivity contribution in [2.45, 2.75) is 26.2 Å². The van der Waals surface area contributed by atoms with E-state index in [2.05, 4.69) is 5.32 Å². The number of nitrogens with zero attached hydrogens (tertiary/aromatic N) is 1. The van der Waals surface area contributed by atoms with E-state index in [0.29, 0.717) is 18.9 Å². The number of nitriles is 1. The van der Waals surface area contributed by atoms with Crippen LogP contribution in [0.15, 0.2) is 0 Å². The molecule has 0 aromatic rings. The summed E-state index contributed by atoms with van der Waals surface area (Å²) in [6.45, 7) is 4.13. The summed E-state index contributed by atoms with van der Waals surface area (Å²) in [5, 5.41) is 11.6. The lowest BCUT2D eigenvalue weighted by atomic mass is 10.0. The van der Waals surface area contributed by atoms with Crippen molar-refractivity contribution in [2.24, 2.45) is 11.8 Å². The second-order valence-corrected chi connectivity index (χ2v) is 3.95. The minimum atomic E-state index is -0.489. The molecule has 1 rings (SSSR count). The van der Waals surface area contributed by atoms with Crippen molar-refractivity contribution in [3.63, 3.8) is 0 Å². The van der Waals surface area contributed by atoms with Gasteiger partial charge in [-0.25, -0.2) is 0 Å². The third-order valence-corrected chi connectivity index (χ3v) is 2.64. The number of carbonyl (C=O) groups is 1. The molecule has 1 fully saturated rings. The molecule has 0 saturated carbocycles. The van der Waals surface area contributed by atoms with E-state index in [0.717, 1.165) is 26.1 Å². The second kappa shape index (κ2) is 6.41. The zero-order valence-corrected chi connectivity index (χ0v) is 9.16. The molecule has 0 aliphatic carbocycles. The van der Waals surface area contributed by atoms with E-state index in [-0.39, 0.29) is 5.91 Å². The summed E-state index contributed by atoms with van der Waals surface area (Å²) in [5.74, 6) is -0.196. The molecule has 1 N–H and O–H groups in total. The molecule has 15 heavy (non-hydrogen) atoms. The molecule has 1 heterocycles. The average molecular weight is 210 g/mol. The summed E-state index contributed by atoms with van der Waals surface area (Å²) >= 11 is 0. The lowest BCUT2D eigenvalue weighted by Crippen LogP contribution is -2.34. The molecule has 0 radical (unpaired) electrons. The summed E-state index contributed by atoms with van der Waals surface area (Å²) < 4.78 is 5.21. The lowest BCUT2D eigenvalue weighted by molar-refractivity contribution is -0.123. The Labute approximate surface area is 90.6 Å². The molecule has 2 atom stereocenters. The standard InChI is InChI=1S/C11H18N2O2/c1-2-3-10(6-12)11(14)13-7-9-4-5-15-8-9/h9-10H,2-5,7-8H2,1H3,(H,13,14). The number of ether oxygens (including phenoxy) is 1. The summed E-state index contributed by atoms with van der Waals surface area (Å²) in [4.78, 5) is 11.5. The monoisotopic (exact) mass is 210 g/mol. The second-order valence-electron chi connectivity index (χ2n) is 3.95. The highest BCUT2D eigenvalue weighted by molar-refractivity contribution is 5.80. The van der Waals surface area contributed by atoms with Gasteiger partial charge in [0.05, 0.1) is 12.7 Å². The van der Waals surface area contributed by atoms with E-state index in [4.69, 9.17) is 10.00 Å². The van der Waals surface area contributed by atoms with Gasteiger partial charge in [0.2, 0.25) is 5.91 Å². The molecule has 1 aliphatic heterocycles. The zero-order valence-electron chi connectivity index (χ0n) is 9.16. The molecule has 0 spiro atoms. The van der Waals surface area contributed by atoms with Gasteiger partial charge in [0.25, 0.3) is 0 Å². The third-order valence-electron chi connectivity index (χ3n) is 2.64. The van der Waals surface area contributed by atoms with E-state index < -0.39 is 5.92 Å². The molecule has 4 heteroatoms. The number of hydrogen-bond donors (Lipinski definition) is 1. The van der Waals surface area contributed by atoms with Gasteiger partial charge in [-0.15, -0.1) is 0 Å². The summed E-state index contributed by atoms with van der Waals surface area (Å²) in [7, 11) is 0. The summed E-state index contributed by atoms with van der Waals surface area (Å²) in [6, 6.07) is 2.03. The molecule has 1 amide bonds. The minimum Gasteiger partial charge on any atom is -0.381 e. The molecule has 84 valence electrons. The predicted octanol–water partition coefficient (Wildman–Crippen LogP) is 1.08. The van der Waals surface area contributed by atoms with Crippen molar-refractivity contribution in [3.8, 4) is 6.07 Å². The Hall–Kier alpha value is -1.08. The van der Waals surface area contributed by atoms with Gasteiger partial charge in [0.15, 0.2) is 0 Å². The zero-order chi connectivity index (χ0) is 11.1. The van der Waals surface area contributed by atoms with Gasteiger partial charge >= 0.3 is 0 Å². The first-order valence-electron chi connectivity index (χ1n) is 5.53. The Bertz CT molecular complexity index is 241. The van der Waals surface area contributed by atoms with E-state index in [9.17, 15) is 4.79 Å². The highest BCUT2D eigenvalue weighted by atomic mass is 16.5. The fourth-order valence-corrected chi connectivity index (χ4v) is 1.66. The van der Waals surface area contributed by atoms with Crippen molar-refractivity contribution in [1.82, 2.24) is 5.32 Å². The normalized spacial score (nSPS) is 22.0. The maximum atomic E-state index is 11.5. The van der Waals surface area contributed by atoms with Crippen molar-refractivity contribution < 1.29 is 9.53 Å². The number of amides is 1. The quantitative estimate of drug-likeness (QED) is 0.738. The Morgan fingerprint density at radius 2 is 2.53 bits per heavy atom. The molecular weight excluding hydrogens is 192 g/mol. The van der Waals surface area contributed by atoms with Crippen LogP contribution in [0.5, 0.6) is 0 Å². The van der Waals surface area contributed by atoms with Crippen LogP contribution in [0.3, 0.4) is 0 Å². The van der Waals surface area contributed by atoms with Crippen LogP contribution < -0.4 is 5.32 Å². The summed E-state index contributed by atoms with van der Waals surface area (Å²) in [5.41, 5.74) is 0. The maximum absolute atomic E-state index is 11.5. The Morgan fingerprint density at radius 3 is 3.07 bits per heavy atom. The van der Waals surface area contributed by atoms with E-state index >= 15 is 0 Å². The van der Waals surface area contributed by atoms with Crippen molar-refractivity contribution in [3.05, 3.63) is 0 Å². The summed E-state index contributed by atoms with van der Waals surface area (Å²) in [6.07, 6.45) is 2.51. The largest absolute Gasteiger partial charge is 0.381 e.